The van der Waals surface area contributed by atoms with Gasteiger partial charge in [-0.05, 0) is 82.1 Å². The number of nitrogens with zero attached hydrogens (tertiary/aromatic N) is 2. The van der Waals surface area contributed by atoms with Crippen molar-refractivity contribution in [1.82, 2.24) is 15.1 Å². The van der Waals surface area contributed by atoms with Gasteiger partial charge in [0.2, 0.25) is 5.91 Å². The van der Waals surface area contributed by atoms with E-state index in [1.54, 1.807) is 9.80 Å². The fourth-order valence-electron chi connectivity index (χ4n) is 5.70. The molecule has 3 aliphatic heterocycles. The highest BCUT2D eigenvalue weighted by molar-refractivity contribution is 6.01. The molecule has 2 saturated heterocycles. The minimum atomic E-state index is -0.480. The van der Waals surface area contributed by atoms with Gasteiger partial charge in [-0.2, -0.15) is 0 Å². The first-order chi connectivity index (χ1) is 18.7. The van der Waals surface area contributed by atoms with Gasteiger partial charge in [0.25, 0.3) is 5.91 Å². The second-order valence-electron chi connectivity index (χ2n) is 11.8. The van der Waals surface area contributed by atoms with Crippen molar-refractivity contribution in [2.75, 3.05) is 19.6 Å². The van der Waals surface area contributed by atoms with Crippen molar-refractivity contribution in [3.05, 3.63) is 64.7 Å². The van der Waals surface area contributed by atoms with Gasteiger partial charge in [0.05, 0.1) is 6.54 Å². The molecule has 0 aliphatic carbocycles. The highest BCUT2D eigenvalue weighted by Crippen LogP contribution is 2.34. The summed E-state index contributed by atoms with van der Waals surface area (Å²) in [5.74, 6) is 0.941. The van der Waals surface area contributed by atoms with Gasteiger partial charge in [0.1, 0.15) is 24.0 Å². The molecule has 208 valence electrons. The summed E-state index contributed by atoms with van der Waals surface area (Å²) in [5.41, 5.74) is 3.31. The van der Waals surface area contributed by atoms with Gasteiger partial charge in [-0.1, -0.05) is 30.3 Å². The molecule has 1 N–H and O–H groups in total. The quantitative estimate of drug-likeness (QED) is 0.584. The third-order valence-electron chi connectivity index (χ3n) is 7.83. The van der Waals surface area contributed by atoms with Crippen LogP contribution in [-0.2, 0) is 22.7 Å². The molecule has 0 saturated carbocycles. The van der Waals surface area contributed by atoms with Gasteiger partial charge in [0.15, 0.2) is 0 Å². The van der Waals surface area contributed by atoms with E-state index >= 15 is 0 Å². The van der Waals surface area contributed by atoms with Crippen molar-refractivity contribution in [2.24, 2.45) is 0 Å². The van der Waals surface area contributed by atoms with Crippen LogP contribution in [0.4, 0.5) is 4.79 Å². The van der Waals surface area contributed by atoms with Crippen molar-refractivity contribution in [3.8, 4) is 5.75 Å². The second-order valence-corrected chi connectivity index (χ2v) is 11.8. The Kier molecular flexibility index (Phi) is 7.82. The highest BCUT2D eigenvalue weighted by Gasteiger charge is 2.38. The number of fused-ring (bicyclic) bond motifs is 1. The number of carbonyl (C=O) groups excluding carboxylic acids is 3. The molecule has 3 aliphatic rings. The van der Waals surface area contributed by atoms with Gasteiger partial charge in [0, 0.05) is 30.8 Å². The summed E-state index contributed by atoms with van der Waals surface area (Å²) in [4.78, 5) is 41.6. The molecule has 39 heavy (non-hydrogen) atoms. The number of piperidine rings is 1. The lowest BCUT2D eigenvalue weighted by molar-refractivity contribution is -0.125. The highest BCUT2D eigenvalue weighted by atomic mass is 16.6. The lowest BCUT2D eigenvalue weighted by atomic mass is 9.89. The largest absolute Gasteiger partial charge is 0.489 e. The molecular weight excluding hydrogens is 494 g/mol. The topological polar surface area (TPSA) is 88.2 Å². The minimum Gasteiger partial charge on any atom is -0.489 e. The van der Waals surface area contributed by atoms with Crippen LogP contribution in [0, 0.1) is 0 Å². The van der Waals surface area contributed by atoms with Crippen LogP contribution < -0.4 is 10.1 Å². The SMILES string of the molecule is CC(C)(C)OC(=O)N1CCC(c2ccc(COc3cccc4c3CN(C3CCCCNC3=O)C4=O)cc2)CC1. The zero-order valence-corrected chi connectivity index (χ0v) is 23.2. The Morgan fingerprint density at radius 2 is 1.74 bits per heavy atom. The number of hydrogen-bond acceptors (Lipinski definition) is 5. The number of nitrogens with one attached hydrogen (secondary N) is 1. The zero-order chi connectivity index (χ0) is 27.6. The van der Waals surface area contributed by atoms with E-state index in [0.717, 1.165) is 36.8 Å². The van der Waals surface area contributed by atoms with E-state index in [0.29, 0.717) is 56.4 Å². The Morgan fingerprint density at radius 1 is 1.00 bits per heavy atom. The zero-order valence-electron chi connectivity index (χ0n) is 23.2. The second kappa shape index (κ2) is 11.3. The summed E-state index contributed by atoms with van der Waals surface area (Å²) < 4.78 is 11.7. The van der Waals surface area contributed by atoms with E-state index < -0.39 is 11.6 Å². The van der Waals surface area contributed by atoms with E-state index in [4.69, 9.17) is 9.47 Å². The van der Waals surface area contributed by atoms with Crippen LogP contribution in [0.15, 0.2) is 42.5 Å². The Labute approximate surface area is 230 Å². The van der Waals surface area contributed by atoms with Crippen LogP contribution in [0.2, 0.25) is 0 Å². The molecule has 2 aromatic rings. The Bertz CT molecular complexity index is 1210. The van der Waals surface area contributed by atoms with Crippen molar-refractivity contribution < 1.29 is 23.9 Å². The third-order valence-corrected chi connectivity index (χ3v) is 7.83. The number of ether oxygens (including phenoxy) is 2. The summed E-state index contributed by atoms with van der Waals surface area (Å²) in [6.45, 7) is 8.52. The summed E-state index contributed by atoms with van der Waals surface area (Å²) in [6, 6.07) is 13.6. The summed E-state index contributed by atoms with van der Waals surface area (Å²) in [5, 5.41) is 2.94. The van der Waals surface area contributed by atoms with E-state index in [-0.39, 0.29) is 17.9 Å². The van der Waals surface area contributed by atoms with Gasteiger partial charge >= 0.3 is 6.09 Å². The number of hydrogen-bond donors (Lipinski definition) is 1. The smallest absolute Gasteiger partial charge is 0.410 e. The molecule has 1 unspecified atom stereocenters. The third kappa shape index (κ3) is 6.21. The molecule has 0 aromatic heterocycles. The van der Waals surface area contributed by atoms with E-state index in [1.165, 1.54) is 5.56 Å². The van der Waals surface area contributed by atoms with Gasteiger partial charge in [-0.15, -0.1) is 0 Å². The van der Waals surface area contributed by atoms with E-state index in [9.17, 15) is 14.4 Å². The maximum atomic E-state index is 13.1. The van der Waals surface area contributed by atoms with E-state index in [1.807, 2.05) is 39.0 Å². The number of rotatable bonds is 5. The lowest BCUT2D eigenvalue weighted by Gasteiger charge is -2.33. The molecule has 2 fully saturated rings. The summed E-state index contributed by atoms with van der Waals surface area (Å²) in [6.07, 6.45) is 4.14. The molecular formula is C31H39N3O5. The molecule has 3 heterocycles. The maximum Gasteiger partial charge on any atom is 0.410 e. The van der Waals surface area contributed by atoms with Crippen LogP contribution >= 0.6 is 0 Å². The molecule has 1 atom stereocenters. The molecule has 3 amide bonds. The number of benzene rings is 2. The van der Waals surface area contributed by atoms with Crippen LogP contribution in [0.5, 0.6) is 5.75 Å². The average Bonchev–Trinajstić information content (AvgIpc) is 3.10. The Balaban J connectivity index is 1.17. The van der Waals surface area contributed by atoms with Gasteiger partial charge < -0.3 is 24.6 Å². The molecule has 0 spiro atoms. The normalized spacial score (nSPS) is 20.3. The average molecular weight is 534 g/mol. The van der Waals surface area contributed by atoms with Crippen molar-refractivity contribution in [3.63, 3.8) is 0 Å². The monoisotopic (exact) mass is 533 g/mol. The number of likely N-dealkylation sites (tertiary alicyclic amines) is 1. The number of amides is 3. The lowest BCUT2D eigenvalue weighted by Crippen LogP contribution is -2.45. The predicted molar refractivity (Wildman–Crippen MR) is 148 cm³/mol. The van der Waals surface area contributed by atoms with Gasteiger partial charge in [-0.25, -0.2) is 4.79 Å². The first kappa shape index (κ1) is 27.0. The molecule has 0 bridgehead atoms. The molecule has 5 rings (SSSR count). The Hall–Kier alpha value is -3.55. The molecule has 8 nitrogen and oxygen atoms in total. The Morgan fingerprint density at radius 3 is 2.46 bits per heavy atom. The minimum absolute atomic E-state index is 0.0632. The first-order valence-electron chi connectivity index (χ1n) is 14.1. The number of carbonyl (C=O) groups is 3. The summed E-state index contributed by atoms with van der Waals surface area (Å²) in [7, 11) is 0. The van der Waals surface area contributed by atoms with Crippen molar-refractivity contribution in [1.29, 1.82) is 0 Å². The standard InChI is InChI=1S/C31H39N3O5/c1-31(2,3)39-30(37)33-17-14-23(15-18-33)22-12-10-21(11-13-22)20-38-27-9-6-7-24-25(27)19-34(29(24)36)26-8-4-5-16-32-28(26)35/h6-7,9-13,23,26H,4-5,8,14-20H2,1-3H3,(H,32,35). The molecule has 0 radical (unpaired) electrons. The maximum absolute atomic E-state index is 13.1. The first-order valence-corrected chi connectivity index (χ1v) is 14.1. The van der Waals surface area contributed by atoms with Crippen LogP contribution in [-0.4, -0.2) is 59.0 Å². The van der Waals surface area contributed by atoms with Crippen molar-refractivity contribution in [2.45, 2.75) is 83.6 Å². The molecule has 8 heteroatoms. The predicted octanol–water partition coefficient (Wildman–Crippen LogP) is 5.00. The summed E-state index contributed by atoms with van der Waals surface area (Å²) >= 11 is 0. The van der Waals surface area contributed by atoms with Crippen LogP contribution in [0.25, 0.3) is 0 Å². The fourth-order valence-corrected chi connectivity index (χ4v) is 5.70. The van der Waals surface area contributed by atoms with Gasteiger partial charge in [-0.3, -0.25) is 9.59 Å². The van der Waals surface area contributed by atoms with Crippen LogP contribution in [0.1, 0.15) is 85.8 Å². The fraction of sp³-hybridized carbons (Fsp3) is 0.516. The van der Waals surface area contributed by atoms with Crippen molar-refractivity contribution >= 4 is 17.9 Å². The van der Waals surface area contributed by atoms with Crippen LogP contribution in [0.3, 0.4) is 0 Å². The van der Waals surface area contributed by atoms with E-state index in [2.05, 4.69) is 29.6 Å². The molecule has 2 aromatic carbocycles.